The lowest BCUT2D eigenvalue weighted by Gasteiger charge is -2.30. The van der Waals surface area contributed by atoms with E-state index in [9.17, 15) is 13.2 Å². The number of aliphatic hydroxyl groups is 1. The van der Waals surface area contributed by atoms with Gasteiger partial charge in [0.05, 0.1) is 6.61 Å². The quantitative estimate of drug-likeness (QED) is 0.666. The van der Waals surface area contributed by atoms with Crippen molar-refractivity contribution in [3.8, 4) is 0 Å². The maximum Gasteiger partial charge on any atom is 0.406 e. The number of hydrogen-bond acceptors (Lipinski definition) is 3. The molecule has 1 saturated carbocycles. The molecule has 15 heavy (non-hydrogen) atoms. The van der Waals surface area contributed by atoms with Crippen LogP contribution in [-0.2, 0) is 0 Å². The summed E-state index contributed by atoms with van der Waals surface area (Å²) in [5.41, 5.74) is 5.65. The standard InChI is InChI=1S/C9H17F3N2O/c10-9(11,12)8(5-15)14-7-3-1-6(13)2-4-7/h6-8,14-15H,1-5,13H2/t6?,7?,8-/m0/s1. The van der Waals surface area contributed by atoms with Gasteiger partial charge >= 0.3 is 6.18 Å². The number of hydrogen-bond donors (Lipinski definition) is 3. The van der Waals surface area contributed by atoms with E-state index in [0.29, 0.717) is 12.8 Å². The van der Waals surface area contributed by atoms with Gasteiger partial charge in [0.2, 0.25) is 0 Å². The molecular formula is C9H17F3N2O. The first kappa shape index (κ1) is 12.7. The molecule has 90 valence electrons. The van der Waals surface area contributed by atoms with E-state index in [-0.39, 0.29) is 12.1 Å². The second kappa shape index (κ2) is 5.14. The molecule has 6 heteroatoms. The Kier molecular flexibility index (Phi) is 4.36. The molecule has 0 heterocycles. The third kappa shape index (κ3) is 3.96. The molecule has 1 aliphatic carbocycles. The van der Waals surface area contributed by atoms with Crippen molar-refractivity contribution >= 4 is 0 Å². The highest BCUT2D eigenvalue weighted by atomic mass is 19.4. The highest BCUT2D eigenvalue weighted by Crippen LogP contribution is 2.23. The zero-order chi connectivity index (χ0) is 11.5. The molecular weight excluding hydrogens is 209 g/mol. The first-order valence-electron chi connectivity index (χ1n) is 5.12. The van der Waals surface area contributed by atoms with Crippen LogP contribution in [-0.4, -0.2) is 36.0 Å². The molecule has 1 fully saturated rings. The number of halogens is 3. The van der Waals surface area contributed by atoms with Crippen LogP contribution >= 0.6 is 0 Å². The van der Waals surface area contributed by atoms with Crippen molar-refractivity contribution in [2.45, 2.75) is 50.0 Å². The molecule has 0 saturated heterocycles. The molecule has 1 atom stereocenters. The first-order valence-corrected chi connectivity index (χ1v) is 5.12. The predicted molar refractivity (Wildman–Crippen MR) is 50.3 cm³/mol. The van der Waals surface area contributed by atoms with Crippen LogP contribution in [0.25, 0.3) is 0 Å². The average molecular weight is 226 g/mol. The van der Waals surface area contributed by atoms with Crippen LogP contribution in [0.5, 0.6) is 0 Å². The topological polar surface area (TPSA) is 58.3 Å². The summed E-state index contributed by atoms with van der Waals surface area (Å²) in [6.07, 6.45) is -1.60. The molecule has 1 rings (SSSR count). The van der Waals surface area contributed by atoms with Crippen molar-refractivity contribution in [1.82, 2.24) is 5.32 Å². The molecule has 0 bridgehead atoms. The number of aliphatic hydroxyl groups excluding tert-OH is 1. The first-order chi connectivity index (χ1) is 6.93. The minimum atomic E-state index is -4.38. The zero-order valence-corrected chi connectivity index (χ0v) is 8.43. The minimum absolute atomic E-state index is 0.113. The fraction of sp³-hybridized carbons (Fsp3) is 1.00. The van der Waals surface area contributed by atoms with Crippen LogP contribution < -0.4 is 11.1 Å². The lowest BCUT2D eigenvalue weighted by Crippen LogP contribution is -2.51. The van der Waals surface area contributed by atoms with E-state index in [0.717, 1.165) is 12.8 Å². The van der Waals surface area contributed by atoms with Gasteiger partial charge in [-0.25, -0.2) is 0 Å². The van der Waals surface area contributed by atoms with Crippen LogP contribution in [0, 0.1) is 0 Å². The monoisotopic (exact) mass is 226 g/mol. The SMILES string of the molecule is NC1CCC(N[C@@H](CO)C(F)(F)F)CC1. The smallest absolute Gasteiger partial charge is 0.394 e. The Balaban J connectivity index is 2.39. The average Bonchev–Trinajstić information content (AvgIpc) is 2.15. The maximum absolute atomic E-state index is 12.3. The molecule has 0 aromatic heterocycles. The van der Waals surface area contributed by atoms with Crippen molar-refractivity contribution in [2.75, 3.05) is 6.61 Å². The molecule has 0 radical (unpaired) electrons. The van der Waals surface area contributed by atoms with E-state index >= 15 is 0 Å². The van der Waals surface area contributed by atoms with Crippen molar-refractivity contribution in [1.29, 1.82) is 0 Å². The van der Waals surface area contributed by atoms with E-state index in [1.54, 1.807) is 0 Å². The van der Waals surface area contributed by atoms with E-state index in [4.69, 9.17) is 10.8 Å². The Morgan fingerprint density at radius 2 is 1.80 bits per heavy atom. The molecule has 0 aromatic rings. The largest absolute Gasteiger partial charge is 0.406 e. The Hall–Kier alpha value is -0.330. The molecule has 0 aromatic carbocycles. The number of alkyl halides is 3. The van der Waals surface area contributed by atoms with Gasteiger partial charge in [-0.15, -0.1) is 0 Å². The Labute approximate surface area is 86.8 Å². The lowest BCUT2D eigenvalue weighted by atomic mass is 9.91. The van der Waals surface area contributed by atoms with Crippen LogP contribution in [0.1, 0.15) is 25.7 Å². The third-order valence-corrected chi connectivity index (χ3v) is 2.79. The van der Waals surface area contributed by atoms with E-state index in [1.165, 1.54) is 0 Å². The maximum atomic E-state index is 12.3. The number of nitrogens with two attached hydrogens (primary N) is 1. The lowest BCUT2D eigenvalue weighted by molar-refractivity contribution is -0.166. The summed E-state index contributed by atoms with van der Waals surface area (Å²) >= 11 is 0. The molecule has 0 spiro atoms. The van der Waals surface area contributed by atoms with Crippen molar-refractivity contribution in [3.63, 3.8) is 0 Å². The van der Waals surface area contributed by atoms with E-state index < -0.39 is 18.8 Å². The Morgan fingerprint density at radius 3 is 2.20 bits per heavy atom. The van der Waals surface area contributed by atoms with Gasteiger partial charge in [0.1, 0.15) is 6.04 Å². The summed E-state index contributed by atoms with van der Waals surface area (Å²) in [7, 11) is 0. The summed E-state index contributed by atoms with van der Waals surface area (Å²) in [4.78, 5) is 0. The number of rotatable bonds is 3. The summed E-state index contributed by atoms with van der Waals surface area (Å²) < 4.78 is 36.9. The second-order valence-electron chi connectivity index (χ2n) is 4.06. The molecule has 0 amide bonds. The van der Waals surface area contributed by atoms with Gasteiger partial charge in [-0.05, 0) is 25.7 Å². The normalized spacial score (nSPS) is 30.2. The summed E-state index contributed by atoms with van der Waals surface area (Å²) in [6.45, 7) is -0.911. The molecule has 3 nitrogen and oxygen atoms in total. The summed E-state index contributed by atoms with van der Waals surface area (Å²) in [5.74, 6) is 0. The van der Waals surface area contributed by atoms with Crippen molar-refractivity contribution in [2.24, 2.45) is 5.73 Å². The van der Waals surface area contributed by atoms with Crippen LogP contribution in [0.15, 0.2) is 0 Å². The third-order valence-electron chi connectivity index (χ3n) is 2.79. The van der Waals surface area contributed by atoms with Gasteiger partial charge in [0, 0.05) is 12.1 Å². The van der Waals surface area contributed by atoms with Crippen molar-refractivity contribution < 1.29 is 18.3 Å². The zero-order valence-electron chi connectivity index (χ0n) is 8.43. The fourth-order valence-electron chi connectivity index (χ4n) is 1.82. The van der Waals surface area contributed by atoms with Gasteiger partial charge in [-0.3, -0.25) is 0 Å². The highest BCUT2D eigenvalue weighted by molar-refractivity contribution is 4.84. The van der Waals surface area contributed by atoms with Gasteiger partial charge in [0.15, 0.2) is 0 Å². The summed E-state index contributed by atoms with van der Waals surface area (Å²) in [5, 5.41) is 11.1. The molecule has 0 aliphatic heterocycles. The summed E-state index contributed by atoms with van der Waals surface area (Å²) in [6, 6.07) is -1.87. The predicted octanol–water partition coefficient (Wildman–Crippen LogP) is 0.769. The number of nitrogens with one attached hydrogen (secondary N) is 1. The Bertz CT molecular complexity index is 190. The van der Waals surface area contributed by atoms with Gasteiger partial charge < -0.3 is 16.2 Å². The Morgan fingerprint density at radius 1 is 1.27 bits per heavy atom. The molecule has 1 aliphatic rings. The van der Waals surface area contributed by atoms with Gasteiger partial charge in [0.25, 0.3) is 0 Å². The molecule has 4 N–H and O–H groups in total. The van der Waals surface area contributed by atoms with Crippen molar-refractivity contribution in [3.05, 3.63) is 0 Å². The van der Waals surface area contributed by atoms with Gasteiger partial charge in [-0.2, -0.15) is 13.2 Å². The highest BCUT2D eigenvalue weighted by Gasteiger charge is 2.40. The van der Waals surface area contributed by atoms with Crippen LogP contribution in [0.2, 0.25) is 0 Å². The van der Waals surface area contributed by atoms with Crippen LogP contribution in [0.4, 0.5) is 13.2 Å². The van der Waals surface area contributed by atoms with Crippen LogP contribution in [0.3, 0.4) is 0 Å². The minimum Gasteiger partial charge on any atom is -0.394 e. The van der Waals surface area contributed by atoms with Gasteiger partial charge in [-0.1, -0.05) is 0 Å². The fourth-order valence-corrected chi connectivity index (χ4v) is 1.82. The van der Waals surface area contributed by atoms with E-state index in [1.807, 2.05) is 0 Å². The molecule has 0 unspecified atom stereocenters. The second-order valence-corrected chi connectivity index (χ2v) is 4.06. The van der Waals surface area contributed by atoms with E-state index in [2.05, 4.69) is 5.32 Å².